The highest BCUT2D eigenvalue weighted by atomic mass is 16.2. The van der Waals surface area contributed by atoms with Gasteiger partial charge in [-0.3, -0.25) is 9.59 Å². The molecular weight excluding hydrogens is 252 g/mol. The van der Waals surface area contributed by atoms with Crippen molar-refractivity contribution in [2.45, 2.75) is 26.7 Å². The molecule has 110 valence electrons. The molecule has 1 aromatic carbocycles. The minimum absolute atomic E-state index is 0.0180. The molecule has 0 bridgehead atoms. The molecular formula is C16H24N2O2. The Morgan fingerprint density at radius 2 is 1.70 bits per heavy atom. The van der Waals surface area contributed by atoms with Gasteiger partial charge < -0.3 is 10.2 Å². The summed E-state index contributed by atoms with van der Waals surface area (Å²) in [4.78, 5) is 25.7. The monoisotopic (exact) mass is 276 g/mol. The Labute approximate surface area is 121 Å². The van der Waals surface area contributed by atoms with Gasteiger partial charge >= 0.3 is 0 Å². The van der Waals surface area contributed by atoms with Crippen molar-refractivity contribution in [3.63, 3.8) is 0 Å². The summed E-state index contributed by atoms with van der Waals surface area (Å²) in [6.45, 7) is 7.66. The Kier molecular flexibility index (Phi) is 7.58. The van der Waals surface area contributed by atoms with Crippen molar-refractivity contribution in [1.29, 1.82) is 0 Å². The lowest BCUT2D eigenvalue weighted by molar-refractivity contribution is -0.121. The first-order valence-corrected chi connectivity index (χ1v) is 7.24. The van der Waals surface area contributed by atoms with E-state index in [0.717, 1.165) is 19.6 Å². The molecule has 0 spiro atoms. The number of benzene rings is 1. The van der Waals surface area contributed by atoms with E-state index in [0.29, 0.717) is 12.1 Å². The fraction of sp³-hybridized carbons (Fsp3) is 0.500. The van der Waals surface area contributed by atoms with E-state index < -0.39 is 0 Å². The molecule has 1 rings (SSSR count). The number of nitrogens with one attached hydrogen (secondary N) is 1. The molecule has 0 saturated heterocycles. The number of hydrogen-bond donors (Lipinski definition) is 1. The van der Waals surface area contributed by atoms with Crippen LogP contribution in [0.2, 0.25) is 0 Å². The molecule has 0 atom stereocenters. The Balaban J connectivity index is 2.22. The van der Waals surface area contributed by atoms with Crippen molar-refractivity contribution in [2.24, 2.45) is 0 Å². The number of rotatable bonds is 9. The highest BCUT2D eigenvalue weighted by Gasteiger charge is 2.08. The predicted molar refractivity (Wildman–Crippen MR) is 80.8 cm³/mol. The van der Waals surface area contributed by atoms with E-state index in [1.807, 2.05) is 18.2 Å². The van der Waals surface area contributed by atoms with Crippen LogP contribution in [0.3, 0.4) is 0 Å². The van der Waals surface area contributed by atoms with Crippen LogP contribution in [0.15, 0.2) is 30.3 Å². The number of likely N-dealkylation sites (N-methyl/N-ethyl adjacent to an activating group) is 1. The number of hydrogen-bond acceptors (Lipinski definition) is 3. The summed E-state index contributed by atoms with van der Waals surface area (Å²) < 4.78 is 0. The molecule has 0 heterocycles. The van der Waals surface area contributed by atoms with Crippen LogP contribution in [-0.2, 0) is 4.79 Å². The summed E-state index contributed by atoms with van der Waals surface area (Å²) in [6, 6.07) is 9.09. The first-order valence-electron chi connectivity index (χ1n) is 7.24. The number of amides is 1. The van der Waals surface area contributed by atoms with Crippen LogP contribution in [0, 0.1) is 0 Å². The van der Waals surface area contributed by atoms with Crippen LogP contribution in [0.1, 0.15) is 37.0 Å². The van der Waals surface area contributed by atoms with Gasteiger partial charge in [0.2, 0.25) is 5.91 Å². The van der Waals surface area contributed by atoms with Crippen LogP contribution in [0.25, 0.3) is 0 Å². The molecule has 0 aliphatic carbocycles. The summed E-state index contributed by atoms with van der Waals surface area (Å²) in [5.74, 6) is -0.0362. The molecule has 4 nitrogen and oxygen atoms in total. The van der Waals surface area contributed by atoms with Gasteiger partial charge in [-0.1, -0.05) is 44.2 Å². The predicted octanol–water partition coefficient (Wildman–Crippen LogP) is 2.11. The fourth-order valence-corrected chi connectivity index (χ4v) is 1.98. The highest BCUT2D eigenvalue weighted by Crippen LogP contribution is 2.04. The molecule has 4 heteroatoms. The number of carbonyl (C=O) groups excluding carboxylic acids is 2. The normalized spacial score (nSPS) is 10.6. The Bertz CT molecular complexity index is 414. The topological polar surface area (TPSA) is 49.4 Å². The van der Waals surface area contributed by atoms with E-state index in [-0.39, 0.29) is 24.5 Å². The molecule has 1 amide bonds. The summed E-state index contributed by atoms with van der Waals surface area (Å²) in [5.41, 5.74) is 0.670. The number of carbonyl (C=O) groups is 2. The quantitative estimate of drug-likeness (QED) is 0.703. The van der Waals surface area contributed by atoms with Crippen LogP contribution in [0.5, 0.6) is 0 Å². The van der Waals surface area contributed by atoms with E-state index >= 15 is 0 Å². The smallest absolute Gasteiger partial charge is 0.220 e. The molecule has 0 aromatic heterocycles. The molecule has 1 aromatic rings. The maximum atomic E-state index is 11.8. The van der Waals surface area contributed by atoms with Gasteiger partial charge in [0.05, 0.1) is 0 Å². The zero-order valence-electron chi connectivity index (χ0n) is 12.4. The SMILES string of the molecule is CCN(CC)CCNC(=O)CCC(=O)c1ccccc1. The van der Waals surface area contributed by atoms with Gasteiger partial charge in [-0.15, -0.1) is 0 Å². The fourth-order valence-electron chi connectivity index (χ4n) is 1.98. The van der Waals surface area contributed by atoms with E-state index in [1.54, 1.807) is 12.1 Å². The molecule has 1 N–H and O–H groups in total. The molecule has 0 aliphatic rings. The van der Waals surface area contributed by atoms with Crippen LogP contribution in [0.4, 0.5) is 0 Å². The Hall–Kier alpha value is -1.68. The second-order valence-electron chi connectivity index (χ2n) is 4.67. The van der Waals surface area contributed by atoms with Crippen LogP contribution in [-0.4, -0.2) is 42.8 Å². The average molecular weight is 276 g/mol. The largest absolute Gasteiger partial charge is 0.355 e. The van der Waals surface area contributed by atoms with Gasteiger partial charge in [0.15, 0.2) is 5.78 Å². The second kappa shape index (κ2) is 9.26. The lowest BCUT2D eigenvalue weighted by atomic mass is 10.1. The molecule has 0 radical (unpaired) electrons. The third kappa shape index (κ3) is 5.97. The third-order valence-electron chi connectivity index (χ3n) is 3.32. The van der Waals surface area contributed by atoms with Gasteiger partial charge in [0.25, 0.3) is 0 Å². The number of Topliss-reactive ketones (excluding diaryl/α,β-unsaturated/α-hetero) is 1. The van der Waals surface area contributed by atoms with Crippen molar-refractivity contribution in [3.8, 4) is 0 Å². The average Bonchev–Trinajstić information content (AvgIpc) is 2.50. The van der Waals surface area contributed by atoms with Gasteiger partial charge in [0.1, 0.15) is 0 Å². The van der Waals surface area contributed by atoms with Gasteiger partial charge in [-0.25, -0.2) is 0 Å². The Morgan fingerprint density at radius 3 is 2.30 bits per heavy atom. The molecule has 0 saturated carbocycles. The van der Waals surface area contributed by atoms with Crippen molar-refractivity contribution in [3.05, 3.63) is 35.9 Å². The maximum absolute atomic E-state index is 11.8. The second-order valence-corrected chi connectivity index (χ2v) is 4.67. The first kappa shape index (κ1) is 16.4. The zero-order chi connectivity index (χ0) is 14.8. The summed E-state index contributed by atoms with van der Waals surface area (Å²) >= 11 is 0. The molecule has 0 aliphatic heterocycles. The van der Waals surface area contributed by atoms with E-state index in [2.05, 4.69) is 24.1 Å². The first-order chi connectivity index (χ1) is 9.67. The van der Waals surface area contributed by atoms with Crippen LogP contribution < -0.4 is 5.32 Å². The molecule has 0 fully saturated rings. The zero-order valence-corrected chi connectivity index (χ0v) is 12.4. The minimum Gasteiger partial charge on any atom is -0.355 e. The van der Waals surface area contributed by atoms with Crippen molar-refractivity contribution in [1.82, 2.24) is 10.2 Å². The summed E-state index contributed by atoms with van der Waals surface area (Å²) in [6.07, 6.45) is 0.521. The van der Waals surface area contributed by atoms with Crippen LogP contribution >= 0.6 is 0 Å². The standard InChI is InChI=1S/C16H24N2O2/c1-3-18(4-2)13-12-17-16(20)11-10-15(19)14-8-6-5-7-9-14/h5-9H,3-4,10-13H2,1-2H3,(H,17,20). The molecule has 20 heavy (non-hydrogen) atoms. The van der Waals surface area contributed by atoms with Crippen molar-refractivity contribution >= 4 is 11.7 Å². The Morgan fingerprint density at radius 1 is 1.05 bits per heavy atom. The van der Waals surface area contributed by atoms with E-state index in [1.165, 1.54) is 0 Å². The maximum Gasteiger partial charge on any atom is 0.220 e. The van der Waals surface area contributed by atoms with E-state index in [9.17, 15) is 9.59 Å². The number of ketones is 1. The minimum atomic E-state index is -0.0542. The summed E-state index contributed by atoms with van der Waals surface area (Å²) in [7, 11) is 0. The lowest BCUT2D eigenvalue weighted by Crippen LogP contribution is -2.34. The lowest BCUT2D eigenvalue weighted by Gasteiger charge is -2.17. The highest BCUT2D eigenvalue weighted by molar-refractivity contribution is 5.97. The van der Waals surface area contributed by atoms with Crippen molar-refractivity contribution < 1.29 is 9.59 Å². The van der Waals surface area contributed by atoms with Crippen molar-refractivity contribution in [2.75, 3.05) is 26.2 Å². The van der Waals surface area contributed by atoms with Gasteiger partial charge in [-0.2, -0.15) is 0 Å². The van der Waals surface area contributed by atoms with Gasteiger partial charge in [0, 0.05) is 31.5 Å². The summed E-state index contributed by atoms with van der Waals surface area (Å²) in [5, 5.41) is 2.86. The van der Waals surface area contributed by atoms with E-state index in [4.69, 9.17) is 0 Å². The number of nitrogens with zero attached hydrogens (tertiary/aromatic N) is 1. The third-order valence-corrected chi connectivity index (χ3v) is 3.32. The molecule has 0 unspecified atom stereocenters. The van der Waals surface area contributed by atoms with Gasteiger partial charge in [-0.05, 0) is 13.1 Å².